The maximum atomic E-state index is 11.6. The molecule has 0 unspecified atom stereocenters. The Labute approximate surface area is 132 Å². The zero-order chi connectivity index (χ0) is 15.7. The summed E-state index contributed by atoms with van der Waals surface area (Å²) in [6.07, 6.45) is 0.799. The molecule has 1 aromatic carbocycles. The Bertz CT molecular complexity index is 504. The first-order valence-corrected chi connectivity index (χ1v) is 7.28. The first kappa shape index (κ1) is 17.2. The summed E-state index contributed by atoms with van der Waals surface area (Å²) in [6, 6.07) is 7.31. The molecule has 0 heterocycles. The molecule has 5 nitrogen and oxygen atoms in total. The normalized spacial score (nSPS) is 11.3. The monoisotopic (exact) mass is 355 g/mol. The van der Waals surface area contributed by atoms with Crippen LogP contribution in [0.4, 0.5) is 0 Å². The van der Waals surface area contributed by atoms with Crippen LogP contribution in [0.2, 0.25) is 0 Å². The molecule has 21 heavy (non-hydrogen) atoms. The summed E-state index contributed by atoms with van der Waals surface area (Å²) in [4.78, 5) is 23.1. The van der Waals surface area contributed by atoms with E-state index in [9.17, 15) is 9.59 Å². The molecule has 1 amide bonds. The smallest absolute Gasteiger partial charge is 0.310 e. The predicted octanol–water partition coefficient (Wildman–Crippen LogP) is 2.45. The van der Waals surface area contributed by atoms with Gasteiger partial charge in [-0.1, -0.05) is 28.1 Å². The number of halogens is 1. The van der Waals surface area contributed by atoms with Crippen LogP contribution < -0.4 is 10.1 Å². The summed E-state index contributed by atoms with van der Waals surface area (Å²) < 4.78 is 11.3. The first-order chi connectivity index (χ1) is 10.0. The van der Waals surface area contributed by atoms with E-state index in [0.717, 1.165) is 4.47 Å². The van der Waals surface area contributed by atoms with Gasteiger partial charge in [0.15, 0.2) is 6.10 Å². The molecule has 0 saturated heterocycles. The zero-order valence-corrected chi connectivity index (χ0v) is 13.4. The van der Waals surface area contributed by atoms with Gasteiger partial charge in [0, 0.05) is 11.0 Å². The van der Waals surface area contributed by atoms with Crippen LogP contribution in [0.5, 0.6) is 5.75 Å². The summed E-state index contributed by atoms with van der Waals surface area (Å²) in [7, 11) is 0. The second kappa shape index (κ2) is 9.18. The number of nitrogens with one attached hydrogen (secondary N) is 1. The van der Waals surface area contributed by atoms with Gasteiger partial charge in [0.1, 0.15) is 5.75 Å². The highest BCUT2D eigenvalue weighted by Crippen LogP contribution is 2.17. The quantitative estimate of drug-likeness (QED) is 0.574. The lowest BCUT2D eigenvalue weighted by Gasteiger charge is -2.13. The number of benzene rings is 1. The SMILES string of the molecule is C=CCNC(=O)[C@H](C)OC(=O)CCOc1cccc(Br)c1. The van der Waals surface area contributed by atoms with E-state index in [1.165, 1.54) is 6.92 Å². The average molecular weight is 356 g/mol. The molecule has 0 fully saturated rings. The van der Waals surface area contributed by atoms with Gasteiger partial charge in [0.05, 0.1) is 13.0 Å². The molecule has 0 aliphatic heterocycles. The summed E-state index contributed by atoms with van der Waals surface area (Å²) in [5.74, 6) is -0.170. The summed E-state index contributed by atoms with van der Waals surface area (Å²) in [5.41, 5.74) is 0. The fraction of sp³-hybridized carbons (Fsp3) is 0.333. The molecular weight excluding hydrogens is 338 g/mol. The number of ether oxygens (including phenoxy) is 2. The molecule has 6 heteroatoms. The van der Waals surface area contributed by atoms with Crippen LogP contribution in [0.15, 0.2) is 41.4 Å². The van der Waals surface area contributed by atoms with Crippen molar-refractivity contribution >= 4 is 27.8 Å². The second-order valence-corrected chi connectivity index (χ2v) is 5.14. The van der Waals surface area contributed by atoms with Crippen molar-refractivity contribution in [2.45, 2.75) is 19.4 Å². The third-order valence-electron chi connectivity index (χ3n) is 2.47. The summed E-state index contributed by atoms with van der Waals surface area (Å²) >= 11 is 3.33. The lowest BCUT2D eigenvalue weighted by Crippen LogP contribution is -2.36. The van der Waals surface area contributed by atoms with E-state index in [0.29, 0.717) is 12.3 Å². The highest BCUT2D eigenvalue weighted by Gasteiger charge is 2.16. The fourth-order valence-corrected chi connectivity index (χ4v) is 1.81. The summed E-state index contributed by atoms with van der Waals surface area (Å²) in [5, 5.41) is 2.55. The largest absolute Gasteiger partial charge is 0.493 e. The van der Waals surface area contributed by atoms with Gasteiger partial charge in [-0.2, -0.15) is 0 Å². The van der Waals surface area contributed by atoms with Gasteiger partial charge >= 0.3 is 5.97 Å². The van der Waals surface area contributed by atoms with Crippen LogP contribution in [0.1, 0.15) is 13.3 Å². The van der Waals surface area contributed by atoms with Crippen molar-refractivity contribution in [1.29, 1.82) is 0 Å². The highest BCUT2D eigenvalue weighted by atomic mass is 79.9. The third-order valence-corrected chi connectivity index (χ3v) is 2.96. The van der Waals surface area contributed by atoms with E-state index in [1.54, 1.807) is 18.2 Å². The van der Waals surface area contributed by atoms with Crippen LogP contribution in [0.3, 0.4) is 0 Å². The standard InChI is InChI=1S/C15H18BrNO4/c1-3-8-17-15(19)11(2)21-14(18)7-9-20-13-6-4-5-12(16)10-13/h3-6,10-11H,1,7-9H2,2H3,(H,17,19)/t11-/m0/s1. The van der Waals surface area contributed by atoms with E-state index < -0.39 is 12.1 Å². The third kappa shape index (κ3) is 6.94. The Morgan fingerprint density at radius 1 is 1.48 bits per heavy atom. The maximum absolute atomic E-state index is 11.6. The maximum Gasteiger partial charge on any atom is 0.310 e. The zero-order valence-electron chi connectivity index (χ0n) is 11.8. The van der Waals surface area contributed by atoms with Crippen molar-refractivity contribution in [3.05, 3.63) is 41.4 Å². The van der Waals surface area contributed by atoms with Gasteiger partial charge in [0.25, 0.3) is 5.91 Å². The van der Waals surface area contributed by atoms with Crippen LogP contribution in [0.25, 0.3) is 0 Å². The predicted molar refractivity (Wildman–Crippen MR) is 83.0 cm³/mol. The van der Waals surface area contributed by atoms with Crippen molar-refractivity contribution in [2.75, 3.05) is 13.2 Å². The molecule has 0 aromatic heterocycles. The van der Waals surface area contributed by atoms with Crippen LogP contribution in [0, 0.1) is 0 Å². The van der Waals surface area contributed by atoms with Crippen LogP contribution in [-0.4, -0.2) is 31.1 Å². The van der Waals surface area contributed by atoms with Crippen LogP contribution in [-0.2, 0) is 14.3 Å². The molecule has 1 rings (SSSR count). The lowest BCUT2D eigenvalue weighted by molar-refractivity contribution is -0.155. The molecule has 1 N–H and O–H groups in total. The lowest BCUT2D eigenvalue weighted by atomic mass is 10.3. The Kier molecular flexibility index (Phi) is 7.53. The van der Waals surface area contributed by atoms with Gasteiger partial charge in [-0.15, -0.1) is 6.58 Å². The minimum atomic E-state index is -0.830. The Balaban J connectivity index is 2.27. The Hall–Kier alpha value is -1.82. The van der Waals surface area contributed by atoms with Crippen molar-refractivity contribution in [2.24, 2.45) is 0 Å². The minimum Gasteiger partial charge on any atom is -0.493 e. The average Bonchev–Trinajstić information content (AvgIpc) is 2.44. The summed E-state index contributed by atoms with van der Waals surface area (Å²) in [6.45, 7) is 5.54. The molecule has 0 saturated carbocycles. The molecule has 0 radical (unpaired) electrons. The number of carbonyl (C=O) groups is 2. The van der Waals surface area contributed by atoms with Gasteiger partial charge in [-0.3, -0.25) is 9.59 Å². The highest BCUT2D eigenvalue weighted by molar-refractivity contribution is 9.10. The van der Waals surface area contributed by atoms with Gasteiger partial charge in [-0.05, 0) is 25.1 Å². The van der Waals surface area contributed by atoms with E-state index in [-0.39, 0.29) is 18.9 Å². The number of carbonyl (C=O) groups excluding carboxylic acids is 2. The van der Waals surface area contributed by atoms with Crippen molar-refractivity contribution in [3.8, 4) is 5.75 Å². The van der Waals surface area contributed by atoms with Crippen LogP contribution >= 0.6 is 15.9 Å². The first-order valence-electron chi connectivity index (χ1n) is 6.49. The number of hydrogen-bond donors (Lipinski definition) is 1. The molecule has 0 spiro atoms. The van der Waals surface area contributed by atoms with E-state index in [4.69, 9.17) is 9.47 Å². The number of hydrogen-bond acceptors (Lipinski definition) is 4. The van der Waals surface area contributed by atoms with Gasteiger partial charge in [-0.25, -0.2) is 0 Å². The van der Waals surface area contributed by atoms with E-state index in [1.807, 2.05) is 12.1 Å². The number of amides is 1. The topological polar surface area (TPSA) is 64.6 Å². The number of esters is 1. The van der Waals surface area contributed by atoms with E-state index >= 15 is 0 Å². The molecule has 0 aliphatic carbocycles. The fourth-order valence-electron chi connectivity index (χ4n) is 1.44. The van der Waals surface area contributed by atoms with E-state index in [2.05, 4.69) is 27.8 Å². The van der Waals surface area contributed by atoms with Crippen molar-refractivity contribution < 1.29 is 19.1 Å². The molecule has 1 atom stereocenters. The van der Waals surface area contributed by atoms with Gasteiger partial charge in [0.2, 0.25) is 0 Å². The molecule has 0 bridgehead atoms. The minimum absolute atomic E-state index is 0.0750. The number of rotatable bonds is 8. The molecule has 1 aromatic rings. The van der Waals surface area contributed by atoms with Crippen molar-refractivity contribution in [1.82, 2.24) is 5.32 Å². The Morgan fingerprint density at radius 3 is 2.90 bits per heavy atom. The molecule has 0 aliphatic rings. The molecular formula is C15H18BrNO4. The van der Waals surface area contributed by atoms with Crippen molar-refractivity contribution in [3.63, 3.8) is 0 Å². The second-order valence-electron chi connectivity index (χ2n) is 4.22. The molecule has 114 valence electrons. The Morgan fingerprint density at radius 2 is 2.24 bits per heavy atom. The van der Waals surface area contributed by atoms with Gasteiger partial charge < -0.3 is 14.8 Å².